The van der Waals surface area contributed by atoms with Gasteiger partial charge in [0.25, 0.3) is 0 Å². The zero-order chi connectivity index (χ0) is 48.9. The minimum atomic E-state index is -1.78. The van der Waals surface area contributed by atoms with Gasteiger partial charge in [0.1, 0.15) is 16.1 Å². The van der Waals surface area contributed by atoms with Crippen LogP contribution in [-0.2, 0) is 0 Å². The molecule has 0 fully saturated rings. The summed E-state index contributed by atoms with van der Waals surface area (Å²) in [6.07, 6.45) is 7.74. The van der Waals surface area contributed by atoms with Crippen LogP contribution < -0.4 is 0 Å². The summed E-state index contributed by atoms with van der Waals surface area (Å²) in [6, 6.07) is 25.4. The summed E-state index contributed by atoms with van der Waals surface area (Å²) < 4.78 is 0. The van der Waals surface area contributed by atoms with Crippen molar-refractivity contribution in [2.75, 3.05) is 0 Å². The van der Waals surface area contributed by atoms with E-state index >= 15 is 0 Å². The molecule has 0 atom stereocenters. The highest BCUT2D eigenvalue weighted by molar-refractivity contribution is 6.91. The van der Waals surface area contributed by atoms with Crippen LogP contribution in [-0.4, -0.2) is 16.1 Å². The van der Waals surface area contributed by atoms with Crippen molar-refractivity contribution in [2.45, 2.75) is 195 Å². The summed E-state index contributed by atoms with van der Waals surface area (Å²) in [5, 5.41) is 0. The van der Waals surface area contributed by atoms with Crippen molar-refractivity contribution in [3.63, 3.8) is 0 Å². The summed E-state index contributed by atoms with van der Waals surface area (Å²) in [6.45, 7) is 37.2. The van der Waals surface area contributed by atoms with E-state index in [1.807, 2.05) is 0 Å². The van der Waals surface area contributed by atoms with E-state index in [9.17, 15) is 0 Å². The van der Waals surface area contributed by atoms with Crippen molar-refractivity contribution in [3.05, 3.63) is 128 Å². The summed E-state index contributed by atoms with van der Waals surface area (Å²) in [5.74, 6) is 35.2. The number of hydrogen-bond acceptors (Lipinski definition) is 0. The molecule has 0 unspecified atom stereocenters. The number of allylic oxidation sites excluding steroid dienone is 4. The highest BCUT2D eigenvalue weighted by atomic mass is 28.3. The molecule has 3 aromatic rings. The first-order valence-electron chi connectivity index (χ1n) is 25.4. The van der Waals surface area contributed by atoms with Gasteiger partial charge in [0, 0.05) is 55.7 Å². The van der Waals surface area contributed by atoms with Crippen LogP contribution in [0.3, 0.4) is 0 Å². The molecule has 3 aromatic carbocycles. The smallest absolute Gasteiger partial charge is 0.125 e. The lowest BCUT2D eigenvalue weighted by atomic mass is 9.99. The van der Waals surface area contributed by atoms with Gasteiger partial charge in [-0.2, -0.15) is 0 Å². The third kappa shape index (κ3) is 15.5. The molecule has 0 nitrogen and oxygen atoms in total. The van der Waals surface area contributed by atoms with Gasteiger partial charge >= 0.3 is 0 Å². The standard InChI is InChI=1S/C64H82Si2/c1-17-21-61(63(23-19-3)43-39-57-29-33-59(34-30-57)45-47-65(49(5)6,50(7)8)51(9)10)41-37-55-25-27-56(28-26-55)38-42-62(22-18-2)64(24-20-4)44-40-58-31-35-60(36-32-58)46-48-66(52(11)12,53(13)14)54(15)16/h25-36,49-54H,17-24H2,1-16H3/b63-61+,64-62+. The quantitative estimate of drug-likeness (QED) is 0.112. The molecule has 0 saturated carbocycles. The van der Waals surface area contributed by atoms with Crippen LogP contribution >= 0.6 is 0 Å². The Morgan fingerprint density at radius 1 is 0.303 bits per heavy atom. The van der Waals surface area contributed by atoms with Gasteiger partial charge in [0.05, 0.1) is 0 Å². The first kappa shape index (κ1) is 55.3. The fourth-order valence-corrected chi connectivity index (χ4v) is 20.3. The normalized spacial score (nSPS) is 12.1. The molecular formula is C64H82Si2. The third-order valence-electron chi connectivity index (χ3n) is 13.4. The van der Waals surface area contributed by atoms with Gasteiger partial charge in [-0.05, 0) is 132 Å². The van der Waals surface area contributed by atoms with E-state index in [0.717, 1.165) is 107 Å². The number of benzene rings is 3. The van der Waals surface area contributed by atoms with Gasteiger partial charge in [-0.25, -0.2) is 0 Å². The van der Waals surface area contributed by atoms with E-state index < -0.39 is 16.1 Å². The molecule has 0 heterocycles. The van der Waals surface area contributed by atoms with Crippen LogP contribution in [0.15, 0.2) is 95.1 Å². The fraction of sp³-hybridized carbons (Fsp3) is 0.469. The largest absolute Gasteiger partial charge is 0.146 e. The Hall–Kier alpha value is -5.07. The van der Waals surface area contributed by atoms with E-state index in [4.69, 9.17) is 0 Å². The fourth-order valence-electron chi connectivity index (χ4n) is 9.88. The maximum atomic E-state index is 3.85. The Morgan fingerprint density at radius 2 is 0.470 bits per heavy atom. The molecule has 0 saturated heterocycles. The first-order valence-corrected chi connectivity index (χ1v) is 29.8. The average molecular weight is 908 g/mol. The lowest BCUT2D eigenvalue weighted by Gasteiger charge is -2.38. The van der Waals surface area contributed by atoms with Gasteiger partial charge in [-0.15, -0.1) is 11.1 Å². The Kier molecular flexibility index (Phi) is 23.1. The number of hydrogen-bond donors (Lipinski definition) is 0. The molecule has 66 heavy (non-hydrogen) atoms. The highest BCUT2D eigenvalue weighted by Gasteiger charge is 2.42. The molecule has 2 heteroatoms. The van der Waals surface area contributed by atoms with Gasteiger partial charge in [0.15, 0.2) is 0 Å². The molecule has 0 aliphatic heterocycles. The first-order chi connectivity index (χ1) is 31.5. The van der Waals surface area contributed by atoms with E-state index in [1.54, 1.807) is 0 Å². The average Bonchev–Trinajstić information content (AvgIpc) is 3.27. The van der Waals surface area contributed by atoms with E-state index in [1.165, 1.54) is 0 Å². The predicted octanol–water partition coefficient (Wildman–Crippen LogP) is 17.4. The monoisotopic (exact) mass is 907 g/mol. The Morgan fingerprint density at radius 3 is 0.621 bits per heavy atom. The molecule has 3 rings (SSSR count). The molecule has 0 aliphatic carbocycles. The zero-order valence-electron chi connectivity index (χ0n) is 44.0. The van der Waals surface area contributed by atoms with Crippen LogP contribution in [0.1, 0.15) is 196 Å². The molecule has 0 bridgehead atoms. The van der Waals surface area contributed by atoms with Crippen LogP contribution in [0.25, 0.3) is 0 Å². The molecule has 346 valence electrons. The van der Waals surface area contributed by atoms with Crippen molar-refractivity contribution in [2.24, 2.45) is 0 Å². The molecule has 0 aliphatic rings. The van der Waals surface area contributed by atoms with E-state index in [2.05, 4.69) is 254 Å². The SMILES string of the molecule is CCC/C(C#Cc1ccc(C#C/C(CCC)=C(/C#Cc2ccc(C#C[Si](C(C)C)(C(C)C)C(C)C)cc2)CCC)cc1)=C(\C#Cc1ccc(C#C[Si](C(C)C)(C(C)C)C(C)C)cc1)CCC. The maximum absolute atomic E-state index is 3.85. The third-order valence-corrected chi connectivity index (χ3v) is 26.0. The second kappa shape index (κ2) is 27.5. The van der Waals surface area contributed by atoms with Crippen molar-refractivity contribution in [3.8, 4) is 70.3 Å². The Balaban J connectivity index is 1.88. The van der Waals surface area contributed by atoms with Crippen LogP contribution in [0.4, 0.5) is 0 Å². The Labute approximate surface area is 408 Å². The summed E-state index contributed by atoms with van der Waals surface area (Å²) >= 11 is 0. The number of rotatable bonds is 14. The highest BCUT2D eigenvalue weighted by Crippen LogP contribution is 2.42. The summed E-state index contributed by atoms with van der Waals surface area (Å²) in [4.78, 5) is 0. The second-order valence-corrected chi connectivity index (χ2v) is 31.1. The second-order valence-electron chi connectivity index (χ2n) is 19.9. The maximum Gasteiger partial charge on any atom is 0.146 e. The van der Waals surface area contributed by atoms with Gasteiger partial charge in [-0.1, -0.05) is 196 Å². The topological polar surface area (TPSA) is 0 Å². The molecule has 0 N–H and O–H groups in total. The van der Waals surface area contributed by atoms with Crippen molar-refractivity contribution in [1.29, 1.82) is 0 Å². The molecular weight excluding hydrogens is 825 g/mol. The summed E-state index contributed by atoms with van der Waals surface area (Å²) in [5.41, 5.74) is 22.1. The lowest BCUT2D eigenvalue weighted by molar-refractivity contribution is 0.838. The zero-order valence-corrected chi connectivity index (χ0v) is 46.0. The Bertz CT molecular complexity index is 2260. The van der Waals surface area contributed by atoms with Gasteiger partial charge < -0.3 is 0 Å². The lowest BCUT2D eigenvalue weighted by Crippen LogP contribution is -2.43. The predicted molar refractivity (Wildman–Crippen MR) is 296 cm³/mol. The van der Waals surface area contributed by atoms with Gasteiger partial charge in [0.2, 0.25) is 0 Å². The molecule has 0 spiro atoms. The molecule has 0 amide bonds. The van der Waals surface area contributed by atoms with Crippen LogP contribution in [0.2, 0.25) is 33.2 Å². The molecule has 0 aromatic heterocycles. The van der Waals surface area contributed by atoms with Crippen molar-refractivity contribution in [1.82, 2.24) is 0 Å². The summed E-state index contributed by atoms with van der Waals surface area (Å²) in [7, 11) is -3.56. The van der Waals surface area contributed by atoms with Crippen LogP contribution in [0, 0.1) is 70.3 Å². The minimum absolute atomic E-state index is 0.615. The van der Waals surface area contributed by atoms with Crippen molar-refractivity contribution < 1.29 is 0 Å². The minimum Gasteiger partial charge on any atom is -0.125 e. The van der Waals surface area contributed by atoms with E-state index in [-0.39, 0.29) is 0 Å². The van der Waals surface area contributed by atoms with Crippen LogP contribution in [0.5, 0.6) is 0 Å². The van der Waals surface area contributed by atoms with E-state index in [0.29, 0.717) is 33.2 Å². The molecule has 0 radical (unpaired) electrons. The van der Waals surface area contributed by atoms with Gasteiger partial charge in [-0.3, -0.25) is 0 Å². The van der Waals surface area contributed by atoms with Crippen molar-refractivity contribution >= 4 is 16.1 Å².